The van der Waals surface area contributed by atoms with Crippen LogP contribution in [-0.4, -0.2) is 32.9 Å². The summed E-state index contributed by atoms with van der Waals surface area (Å²) in [5, 5.41) is 9.86. The van der Waals surface area contributed by atoms with Gasteiger partial charge in [-0.25, -0.2) is 0 Å². The summed E-state index contributed by atoms with van der Waals surface area (Å²) in [5.74, 6) is -1.76. The number of pyridine rings is 1. The minimum atomic E-state index is -0.913. The number of carbonyl (C=O) groups excluding carboxylic acids is 1. The second-order valence-corrected chi connectivity index (χ2v) is 6.08. The Labute approximate surface area is 133 Å². The Kier molecular flexibility index (Phi) is 3.15. The Morgan fingerprint density at radius 1 is 1.17 bits per heavy atom. The summed E-state index contributed by atoms with van der Waals surface area (Å²) in [6, 6.07) is 10.3. The van der Waals surface area contributed by atoms with Crippen LogP contribution in [0.25, 0.3) is 0 Å². The lowest BCUT2D eigenvalue weighted by atomic mass is 9.80. The van der Waals surface area contributed by atoms with Crippen LogP contribution in [0, 0.1) is 0 Å². The van der Waals surface area contributed by atoms with Gasteiger partial charge in [0.2, 0.25) is 0 Å². The van der Waals surface area contributed by atoms with Crippen LogP contribution in [0.5, 0.6) is 0 Å². The van der Waals surface area contributed by atoms with Crippen molar-refractivity contribution in [3.8, 4) is 0 Å². The predicted octanol–water partition coefficient (Wildman–Crippen LogP) is 2.61. The SMILES string of the molecule is O=C(O)C1c2ccccc2C(=O)N(C2CC2)C1c1cccnc1. The molecular weight excluding hydrogens is 292 g/mol. The molecule has 2 heterocycles. The van der Waals surface area contributed by atoms with Gasteiger partial charge in [-0.15, -0.1) is 0 Å². The van der Waals surface area contributed by atoms with Gasteiger partial charge in [-0.05, 0) is 36.1 Å². The summed E-state index contributed by atoms with van der Waals surface area (Å²) >= 11 is 0. The van der Waals surface area contributed by atoms with Crippen molar-refractivity contribution < 1.29 is 14.7 Å². The Bertz CT molecular complexity index is 771. The maximum absolute atomic E-state index is 13.0. The number of fused-ring (bicyclic) bond motifs is 1. The molecule has 0 bridgehead atoms. The molecule has 4 rings (SSSR count). The zero-order valence-corrected chi connectivity index (χ0v) is 12.4. The number of carboxylic acids is 1. The van der Waals surface area contributed by atoms with Gasteiger partial charge in [-0.2, -0.15) is 0 Å². The number of aromatic nitrogens is 1. The van der Waals surface area contributed by atoms with E-state index in [1.54, 1.807) is 47.6 Å². The van der Waals surface area contributed by atoms with Crippen molar-refractivity contribution in [1.82, 2.24) is 9.88 Å². The van der Waals surface area contributed by atoms with E-state index in [1.165, 1.54) is 0 Å². The highest BCUT2D eigenvalue weighted by Crippen LogP contribution is 2.47. The normalized spacial score (nSPS) is 23.5. The smallest absolute Gasteiger partial charge is 0.313 e. The van der Waals surface area contributed by atoms with Gasteiger partial charge in [-0.1, -0.05) is 24.3 Å². The quantitative estimate of drug-likeness (QED) is 0.946. The Hall–Kier alpha value is -2.69. The summed E-state index contributed by atoms with van der Waals surface area (Å²) in [6.45, 7) is 0. The van der Waals surface area contributed by atoms with Crippen molar-refractivity contribution in [3.05, 3.63) is 65.5 Å². The Morgan fingerprint density at radius 2 is 1.96 bits per heavy atom. The number of rotatable bonds is 3. The third-order valence-corrected chi connectivity index (χ3v) is 4.61. The minimum Gasteiger partial charge on any atom is -0.481 e. The maximum Gasteiger partial charge on any atom is 0.313 e. The minimum absolute atomic E-state index is 0.0746. The third-order valence-electron chi connectivity index (χ3n) is 4.61. The van der Waals surface area contributed by atoms with Crippen LogP contribution in [-0.2, 0) is 4.79 Å². The number of aliphatic carboxylic acids is 1. The molecule has 5 heteroatoms. The number of nitrogens with zero attached hydrogens (tertiary/aromatic N) is 2. The second kappa shape index (κ2) is 5.19. The molecule has 1 aliphatic heterocycles. The molecule has 2 aliphatic rings. The predicted molar refractivity (Wildman–Crippen MR) is 83.0 cm³/mol. The molecular formula is C18H16N2O3. The molecule has 0 saturated heterocycles. The first-order valence-electron chi connectivity index (χ1n) is 7.73. The van der Waals surface area contributed by atoms with Crippen LogP contribution >= 0.6 is 0 Å². The van der Waals surface area contributed by atoms with Crippen molar-refractivity contribution in [1.29, 1.82) is 0 Å². The summed E-state index contributed by atoms with van der Waals surface area (Å²) in [6.07, 6.45) is 5.17. The number of hydrogen-bond acceptors (Lipinski definition) is 3. The summed E-state index contributed by atoms with van der Waals surface area (Å²) < 4.78 is 0. The molecule has 1 fully saturated rings. The van der Waals surface area contributed by atoms with Gasteiger partial charge in [0.15, 0.2) is 0 Å². The number of carboxylic acid groups (broad SMARTS) is 1. The second-order valence-electron chi connectivity index (χ2n) is 6.08. The van der Waals surface area contributed by atoms with Crippen LogP contribution in [0.3, 0.4) is 0 Å². The molecule has 116 valence electrons. The molecule has 1 N–H and O–H groups in total. The van der Waals surface area contributed by atoms with E-state index in [2.05, 4.69) is 4.98 Å². The molecule has 0 spiro atoms. The molecule has 23 heavy (non-hydrogen) atoms. The van der Waals surface area contributed by atoms with Crippen LogP contribution in [0.4, 0.5) is 0 Å². The van der Waals surface area contributed by atoms with E-state index in [0.29, 0.717) is 11.1 Å². The topological polar surface area (TPSA) is 70.5 Å². The first-order chi connectivity index (χ1) is 11.2. The van der Waals surface area contributed by atoms with Gasteiger partial charge in [0.25, 0.3) is 5.91 Å². The van der Waals surface area contributed by atoms with Gasteiger partial charge in [-0.3, -0.25) is 14.6 Å². The van der Waals surface area contributed by atoms with Crippen LogP contribution in [0.1, 0.15) is 46.3 Å². The fourth-order valence-corrected chi connectivity index (χ4v) is 3.48. The van der Waals surface area contributed by atoms with Crippen molar-refractivity contribution in [2.75, 3.05) is 0 Å². The first-order valence-corrected chi connectivity index (χ1v) is 7.73. The van der Waals surface area contributed by atoms with E-state index in [1.807, 2.05) is 6.07 Å². The van der Waals surface area contributed by atoms with E-state index in [-0.39, 0.29) is 11.9 Å². The molecule has 5 nitrogen and oxygen atoms in total. The Morgan fingerprint density at radius 3 is 2.61 bits per heavy atom. The highest BCUT2D eigenvalue weighted by molar-refractivity contribution is 6.00. The number of amides is 1. The highest BCUT2D eigenvalue weighted by atomic mass is 16.4. The van der Waals surface area contributed by atoms with E-state index in [9.17, 15) is 14.7 Å². The molecule has 1 saturated carbocycles. The highest BCUT2D eigenvalue weighted by Gasteiger charge is 2.49. The monoisotopic (exact) mass is 308 g/mol. The number of carbonyl (C=O) groups is 2. The molecule has 1 amide bonds. The van der Waals surface area contributed by atoms with Gasteiger partial charge in [0, 0.05) is 24.0 Å². The van der Waals surface area contributed by atoms with Crippen molar-refractivity contribution in [3.63, 3.8) is 0 Å². The van der Waals surface area contributed by atoms with Crippen molar-refractivity contribution >= 4 is 11.9 Å². The van der Waals surface area contributed by atoms with E-state index in [0.717, 1.165) is 18.4 Å². The fourth-order valence-electron chi connectivity index (χ4n) is 3.48. The summed E-state index contributed by atoms with van der Waals surface area (Å²) in [7, 11) is 0. The first kappa shape index (κ1) is 13.9. The third kappa shape index (κ3) is 2.20. The van der Waals surface area contributed by atoms with Crippen LogP contribution in [0.15, 0.2) is 48.8 Å². The number of benzene rings is 1. The molecule has 2 unspecified atom stereocenters. The summed E-state index contributed by atoms with van der Waals surface area (Å²) in [5.41, 5.74) is 1.87. The zero-order valence-electron chi connectivity index (χ0n) is 12.4. The lowest BCUT2D eigenvalue weighted by molar-refractivity contribution is -0.140. The largest absolute Gasteiger partial charge is 0.481 e. The maximum atomic E-state index is 13.0. The van der Waals surface area contributed by atoms with Crippen LogP contribution < -0.4 is 0 Å². The van der Waals surface area contributed by atoms with Crippen molar-refractivity contribution in [2.45, 2.75) is 30.8 Å². The van der Waals surface area contributed by atoms with Gasteiger partial charge < -0.3 is 10.0 Å². The Balaban J connectivity index is 1.93. The standard InChI is InChI=1S/C18H16N2O3/c21-17-14-6-2-1-5-13(14)15(18(22)23)16(20(17)12-7-8-12)11-4-3-9-19-10-11/h1-6,9-10,12,15-16H,7-8H2,(H,22,23). The van der Waals surface area contributed by atoms with E-state index in [4.69, 9.17) is 0 Å². The molecule has 2 aromatic rings. The molecule has 2 atom stereocenters. The van der Waals surface area contributed by atoms with E-state index >= 15 is 0 Å². The average molecular weight is 308 g/mol. The summed E-state index contributed by atoms with van der Waals surface area (Å²) in [4.78, 5) is 30.9. The van der Waals surface area contributed by atoms with Crippen molar-refractivity contribution in [2.24, 2.45) is 0 Å². The zero-order chi connectivity index (χ0) is 16.0. The number of hydrogen-bond donors (Lipinski definition) is 1. The fraction of sp³-hybridized carbons (Fsp3) is 0.278. The van der Waals surface area contributed by atoms with Gasteiger partial charge in [0.1, 0.15) is 5.92 Å². The molecule has 1 aromatic carbocycles. The lowest BCUT2D eigenvalue weighted by Crippen LogP contribution is -2.46. The van der Waals surface area contributed by atoms with Gasteiger partial charge in [0.05, 0.1) is 6.04 Å². The van der Waals surface area contributed by atoms with E-state index < -0.39 is 17.9 Å². The molecule has 1 aliphatic carbocycles. The molecule has 1 aromatic heterocycles. The molecule has 0 radical (unpaired) electrons. The lowest BCUT2D eigenvalue weighted by Gasteiger charge is -2.41. The van der Waals surface area contributed by atoms with Gasteiger partial charge >= 0.3 is 5.97 Å². The van der Waals surface area contributed by atoms with Crippen LogP contribution in [0.2, 0.25) is 0 Å². The average Bonchev–Trinajstić information content (AvgIpc) is 3.40.